The maximum atomic E-state index is 13.9. The van der Waals surface area contributed by atoms with E-state index in [1.165, 1.54) is 22.8 Å². The number of hydrogen-bond donors (Lipinski definition) is 2. The number of nitriles is 1. The number of carbonyl (C=O) groups is 2. The lowest BCUT2D eigenvalue weighted by Gasteiger charge is -2.20. The van der Waals surface area contributed by atoms with Gasteiger partial charge in [-0.2, -0.15) is 5.26 Å². The second-order valence-electron chi connectivity index (χ2n) is 7.51. The lowest BCUT2D eigenvalue weighted by Crippen LogP contribution is -2.35. The average Bonchev–Trinajstić information content (AvgIpc) is 3.03. The highest BCUT2D eigenvalue weighted by molar-refractivity contribution is 5.93. The summed E-state index contributed by atoms with van der Waals surface area (Å²) in [5.41, 5.74) is 0.268. The van der Waals surface area contributed by atoms with Gasteiger partial charge in [0.05, 0.1) is 6.04 Å². The number of rotatable bonds is 6. The fourth-order valence-corrected chi connectivity index (χ4v) is 2.76. The van der Waals surface area contributed by atoms with Gasteiger partial charge in [-0.1, -0.05) is 18.2 Å². The van der Waals surface area contributed by atoms with Crippen LogP contribution in [0.15, 0.2) is 36.4 Å². The van der Waals surface area contributed by atoms with Crippen molar-refractivity contribution in [3.05, 3.63) is 59.2 Å². The van der Waals surface area contributed by atoms with E-state index < -0.39 is 29.5 Å². The summed E-state index contributed by atoms with van der Waals surface area (Å²) in [6.07, 6.45) is -0.581. The molecule has 1 aromatic heterocycles. The number of carbonyl (C=O) groups excluding carboxylic acids is 2. The molecular formula is C21H25FN4O3. The number of hydrogen-bond acceptors (Lipinski definition) is 4. The predicted octanol–water partition coefficient (Wildman–Crippen LogP) is 3.51. The highest BCUT2D eigenvalue weighted by Crippen LogP contribution is 2.17. The highest BCUT2D eigenvalue weighted by Gasteiger charge is 2.20. The third kappa shape index (κ3) is 6.07. The molecule has 2 N–H and O–H groups in total. The molecule has 1 atom stereocenters. The van der Waals surface area contributed by atoms with Gasteiger partial charge >= 0.3 is 6.09 Å². The third-order valence-electron chi connectivity index (χ3n) is 4.05. The van der Waals surface area contributed by atoms with Crippen molar-refractivity contribution < 1.29 is 18.7 Å². The van der Waals surface area contributed by atoms with E-state index in [-0.39, 0.29) is 24.5 Å². The Morgan fingerprint density at radius 3 is 2.55 bits per heavy atom. The van der Waals surface area contributed by atoms with E-state index in [0.29, 0.717) is 5.56 Å². The molecule has 0 aliphatic rings. The SMILES string of the molecule is CC(NC(=O)c1ccc(C#N)n1CCNC(=O)OC(C)(C)C)c1ccccc1F. The normalized spacial score (nSPS) is 12.0. The zero-order valence-corrected chi connectivity index (χ0v) is 17.0. The second kappa shape index (κ2) is 9.24. The molecule has 29 heavy (non-hydrogen) atoms. The molecule has 1 heterocycles. The Morgan fingerprint density at radius 1 is 1.24 bits per heavy atom. The molecule has 0 fully saturated rings. The van der Waals surface area contributed by atoms with Crippen LogP contribution < -0.4 is 10.6 Å². The van der Waals surface area contributed by atoms with Crippen molar-refractivity contribution in [1.82, 2.24) is 15.2 Å². The number of halogens is 1. The summed E-state index contributed by atoms with van der Waals surface area (Å²) >= 11 is 0. The molecule has 7 nitrogen and oxygen atoms in total. The minimum Gasteiger partial charge on any atom is -0.444 e. The van der Waals surface area contributed by atoms with E-state index in [4.69, 9.17) is 4.74 Å². The van der Waals surface area contributed by atoms with Crippen molar-refractivity contribution in [1.29, 1.82) is 5.26 Å². The summed E-state index contributed by atoms with van der Waals surface area (Å²) < 4.78 is 20.6. The molecule has 0 aliphatic carbocycles. The Labute approximate surface area is 169 Å². The van der Waals surface area contributed by atoms with Crippen LogP contribution in [-0.4, -0.2) is 28.7 Å². The largest absolute Gasteiger partial charge is 0.444 e. The average molecular weight is 400 g/mol. The summed E-state index contributed by atoms with van der Waals surface area (Å²) in [7, 11) is 0. The fourth-order valence-electron chi connectivity index (χ4n) is 2.76. The van der Waals surface area contributed by atoms with E-state index in [1.807, 2.05) is 6.07 Å². The van der Waals surface area contributed by atoms with Crippen LogP contribution in [-0.2, 0) is 11.3 Å². The number of aromatic nitrogens is 1. The molecule has 2 aromatic rings. The van der Waals surface area contributed by atoms with Crippen LogP contribution in [0.25, 0.3) is 0 Å². The molecule has 8 heteroatoms. The first-order valence-corrected chi connectivity index (χ1v) is 9.24. The Balaban J connectivity index is 2.07. The molecule has 0 radical (unpaired) electrons. The molecule has 0 bridgehead atoms. The van der Waals surface area contributed by atoms with Crippen LogP contribution in [0.5, 0.6) is 0 Å². The van der Waals surface area contributed by atoms with Crippen LogP contribution in [0, 0.1) is 17.1 Å². The lowest BCUT2D eigenvalue weighted by atomic mass is 10.1. The summed E-state index contributed by atoms with van der Waals surface area (Å²) in [5, 5.41) is 14.6. The van der Waals surface area contributed by atoms with Crippen LogP contribution in [0.4, 0.5) is 9.18 Å². The highest BCUT2D eigenvalue weighted by atomic mass is 19.1. The second-order valence-corrected chi connectivity index (χ2v) is 7.51. The maximum absolute atomic E-state index is 13.9. The number of nitrogens with one attached hydrogen (secondary N) is 2. The standard InChI is InChI=1S/C21H25FN4O3/c1-14(16-7-5-6-8-17(16)22)25-19(27)18-10-9-15(13-23)26(18)12-11-24-20(28)29-21(2,3)4/h5-10,14H,11-12H2,1-4H3,(H,24,28)(H,25,27). The van der Waals surface area contributed by atoms with Crippen molar-refractivity contribution in [2.45, 2.75) is 45.9 Å². The topological polar surface area (TPSA) is 96.1 Å². The van der Waals surface area contributed by atoms with E-state index in [1.54, 1.807) is 45.9 Å². The summed E-state index contributed by atoms with van der Waals surface area (Å²) in [6, 6.07) is 10.7. The Hall–Kier alpha value is -3.34. The van der Waals surface area contributed by atoms with E-state index >= 15 is 0 Å². The molecule has 1 aromatic carbocycles. The molecule has 1 unspecified atom stereocenters. The molecular weight excluding hydrogens is 375 g/mol. The Bertz CT molecular complexity index is 925. The van der Waals surface area contributed by atoms with Gasteiger partial charge in [-0.15, -0.1) is 0 Å². The van der Waals surface area contributed by atoms with Gasteiger partial charge in [-0.25, -0.2) is 9.18 Å². The summed E-state index contributed by atoms with van der Waals surface area (Å²) in [4.78, 5) is 24.5. The maximum Gasteiger partial charge on any atom is 0.407 e. The van der Waals surface area contributed by atoms with Gasteiger partial charge in [0.1, 0.15) is 28.9 Å². The predicted molar refractivity (Wildman–Crippen MR) is 106 cm³/mol. The first kappa shape index (κ1) is 22.0. The molecule has 2 rings (SSSR count). The fraction of sp³-hybridized carbons (Fsp3) is 0.381. The smallest absolute Gasteiger partial charge is 0.407 e. The van der Waals surface area contributed by atoms with Crippen LogP contribution in [0.3, 0.4) is 0 Å². The Kier molecular flexibility index (Phi) is 6.99. The van der Waals surface area contributed by atoms with Gasteiger partial charge in [0, 0.05) is 18.7 Å². The quantitative estimate of drug-likeness (QED) is 0.775. The van der Waals surface area contributed by atoms with Gasteiger partial charge in [0.2, 0.25) is 0 Å². The number of amides is 2. The number of nitrogens with zero attached hydrogens (tertiary/aromatic N) is 2. The molecule has 2 amide bonds. The minimum atomic E-state index is -0.622. The molecule has 0 aliphatic heterocycles. The summed E-state index contributed by atoms with van der Waals surface area (Å²) in [6.45, 7) is 7.31. The summed E-state index contributed by atoms with van der Waals surface area (Å²) in [5.74, 6) is -0.852. The van der Waals surface area contributed by atoms with Crippen LogP contribution in [0.2, 0.25) is 0 Å². The van der Waals surface area contributed by atoms with Crippen molar-refractivity contribution in [3.8, 4) is 6.07 Å². The third-order valence-corrected chi connectivity index (χ3v) is 4.05. The van der Waals surface area contributed by atoms with Crippen molar-refractivity contribution in [3.63, 3.8) is 0 Å². The minimum absolute atomic E-state index is 0.168. The molecule has 154 valence electrons. The molecule has 0 saturated heterocycles. The van der Waals surface area contributed by atoms with Gasteiger partial charge < -0.3 is 19.9 Å². The first-order valence-electron chi connectivity index (χ1n) is 9.24. The van der Waals surface area contributed by atoms with Crippen molar-refractivity contribution >= 4 is 12.0 Å². The van der Waals surface area contributed by atoms with Crippen molar-refractivity contribution in [2.75, 3.05) is 6.54 Å². The lowest BCUT2D eigenvalue weighted by molar-refractivity contribution is 0.0526. The molecule has 0 spiro atoms. The van der Waals surface area contributed by atoms with Crippen molar-refractivity contribution in [2.24, 2.45) is 0 Å². The monoisotopic (exact) mass is 400 g/mol. The van der Waals surface area contributed by atoms with Crippen LogP contribution >= 0.6 is 0 Å². The zero-order chi connectivity index (χ0) is 21.6. The number of alkyl carbamates (subject to hydrolysis) is 1. The van der Waals surface area contributed by atoms with Crippen LogP contribution in [0.1, 0.15) is 55.5 Å². The molecule has 0 saturated carbocycles. The van der Waals surface area contributed by atoms with E-state index in [0.717, 1.165) is 0 Å². The van der Waals surface area contributed by atoms with Gasteiger partial charge in [0.15, 0.2) is 0 Å². The van der Waals surface area contributed by atoms with Gasteiger partial charge in [-0.05, 0) is 45.9 Å². The van der Waals surface area contributed by atoms with E-state index in [2.05, 4.69) is 10.6 Å². The zero-order valence-electron chi connectivity index (χ0n) is 17.0. The Morgan fingerprint density at radius 2 is 1.93 bits per heavy atom. The first-order chi connectivity index (χ1) is 13.6. The van der Waals surface area contributed by atoms with Gasteiger partial charge in [-0.3, -0.25) is 4.79 Å². The number of benzene rings is 1. The van der Waals surface area contributed by atoms with E-state index in [9.17, 15) is 19.2 Å². The number of ether oxygens (including phenoxy) is 1. The van der Waals surface area contributed by atoms with Gasteiger partial charge in [0.25, 0.3) is 5.91 Å².